The van der Waals surface area contributed by atoms with Crippen molar-refractivity contribution < 1.29 is 5.11 Å². The summed E-state index contributed by atoms with van der Waals surface area (Å²) in [6.07, 6.45) is 0. The van der Waals surface area contributed by atoms with E-state index < -0.39 is 0 Å². The Morgan fingerprint density at radius 1 is 1.71 bits per heavy atom. The van der Waals surface area contributed by atoms with E-state index in [-0.39, 0.29) is 6.61 Å². The van der Waals surface area contributed by atoms with Gasteiger partial charge in [0.2, 0.25) is 0 Å². The molecule has 1 saturated heterocycles. The number of rotatable bonds is 1. The topological polar surface area (TPSA) is 48.4 Å². The number of hydrogen-bond donors (Lipinski definition) is 1. The molecule has 0 aromatic carbocycles. The van der Waals surface area contributed by atoms with Crippen molar-refractivity contribution in [3.05, 3.63) is 19.3 Å². The Morgan fingerprint density at radius 2 is 2.57 bits per heavy atom. The molecule has 1 heterocycles. The van der Waals surface area contributed by atoms with E-state index in [4.69, 9.17) is 5.11 Å². The first-order chi connectivity index (χ1) is 3.43. The van der Waals surface area contributed by atoms with Gasteiger partial charge in [-0.3, -0.25) is 0 Å². The van der Waals surface area contributed by atoms with Crippen LogP contribution in [0.15, 0.2) is 0 Å². The molecule has 3 heteroatoms. The smallest absolute Gasteiger partial charge is 0.122 e. The van der Waals surface area contributed by atoms with E-state index in [1.807, 2.05) is 0 Å². The van der Waals surface area contributed by atoms with Crippen molar-refractivity contribution in [2.75, 3.05) is 6.61 Å². The predicted octanol–water partition coefficient (Wildman–Crippen LogP) is -0.986. The maximum absolute atomic E-state index is 8.32. The fourth-order valence-electron chi connectivity index (χ4n) is 0.342. The van der Waals surface area contributed by atoms with Crippen LogP contribution in [0.3, 0.4) is 0 Å². The molecule has 3 nitrogen and oxygen atoms in total. The quantitative estimate of drug-likeness (QED) is 0.422. The van der Waals surface area contributed by atoms with Gasteiger partial charge < -0.3 is 5.11 Å². The molecule has 0 spiro atoms. The zero-order valence-electron chi connectivity index (χ0n) is 3.70. The van der Waals surface area contributed by atoms with Crippen molar-refractivity contribution in [2.24, 2.45) is 0 Å². The summed E-state index contributed by atoms with van der Waals surface area (Å²) in [5.41, 5.74) is 0. The van der Waals surface area contributed by atoms with Crippen LogP contribution in [-0.2, 0) is 0 Å². The SMILES string of the molecule is OC[C]1[CH][15N][CH][15N]1. The van der Waals surface area contributed by atoms with Gasteiger partial charge in [0.15, 0.2) is 0 Å². The number of hydrogen-bond acceptors (Lipinski definition) is 1. The van der Waals surface area contributed by atoms with Gasteiger partial charge in [0.25, 0.3) is 0 Å². The van der Waals surface area contributed by atoms with Crippen LogP contribution >= 0.6 is 0 Å². The summed E-state index contributed by atoms with van der Waals surface area (Å²) in [6, 6.07) is 0.625. The Morgan fingerprint density at radius 3 is 2.86 bits per heavy atom. The fraction of sp³-hybridized carbons (Fsp3) is 0.250. The Balaban J connectivity index is 2.14. The lowest BCUT2D eigenvalue weighted by molar-refractivity contribution is 0.305. The highest BCUT2D eigenvalue weighted by Crippen LogP contribution is 2.05. The van der Waals surface area contributed by atoms with Crippen LogP contribution < -0.4 is 10.6 Å². The van der Waals surface area contributed by atoms with E-state index in [1.54, 1.807) is 0 Å². The van der Waals surface area contributed by atoms with Crippen molar-refractivity contribution in [2.45, 2.75) is 0 Å². The van der Waals surface area contributed by atoms with E-state index in [0.717, 1.165) is 0 Å². The fourth-order valence-corrected chi connectivity index (χ4v) is 0.342. The van der Waals surface area contributed by atoms with E-state index in [1.165, 1.54) is 13.2 Å². The van der Waals surface area contributed by atoms with E-state index in [9.17, 15) is 0 Å². The number of aliphatic hydroxyl groups excluding tert-OH is 1. The first-order valence-corrected chi connectivity index (χ1v) is 1.96. The minimum absolute atomic E-state index is 0.0139. The molecular formula is C4H5N2O. The summed E-state index contributed by atoms with van der Waals surface area (Å²) >= 11 is 0. The first kappa shape index (κ1) is 5.03. The molecule has 1 fully saturated rings. The van der Waals surface area contributed by atoms with Crippen LogP contribution in [0.5, 0.6) is 0 Å². The van der Waals surface area contributed by atoms with Gasteiger partial charge >= 0.3 is 0 Å². The largest absolute Gasteiger partial charge is 0.394 e. The Bertz CT molecular complexity index is 51.7. The summed E-state index contributed by atoms with van der Waals surface area (Å²) in [4.78, 5) is 0. The third-order valence-electron chi connectivity index (χ3n) is 0.676. The zero-order valence-corrected chi connectivity index (χ0v) is 3.70. The van der Waals surface area contributed by atoms with Gasteiger partial charge in [-0.15, -0.1) is 0 Å². The highest BCUT2D eigenvalue weighted by molar-refractivity contribution is 5.06. The van der Waals surface area contributed by atoms with Crippen molar-refractivity contribution in [3.63, 3.8) is 0 Å². The second-order valence-electron chi connectivity index (χ2n) is 1.17. The van der Waals surface area contributed by atoms with Crippen LogP contribution in [0, 0.1) is 19.3 Å². The lowest BCUT2D eigenvalue weighted by Gasteiger charge is -1.94. The van der Waals surface area contributed by atoms with Crippen molar-refractivity contribution >= 4 is 0 Å². The molecule has 0 saturated carbocycles. The lowest BCUT2D eigenvalue weighted by atomic mass is 10.4. The summed E-state index contributed by atoms with van der Waals surface area (Å²) < 4.78 is 0. The molecule has 0 amide bonds. The maximum atomic E-state index is 8.32. The second-order valence-corrected chi connectivity index (χ2v) is 1.17. The summed E-state index contributed by atoms with van der Waals surface area (Å²) in [5.74, 6) is 0. The number of aliphatic hydroxyl groups is 1. The molecule has 0 unspecified atom stereocenters. The number of nitrogens with zero attached hydrogens (tertiary/aromatic N) is 2. The third kappa shape index (κ3) is 1.12. The summed E-state index contributed by atoms with van der Waals surface area (Å²) in [5, 5.41) is 15.6. The van der Waals surface area contributed by atoms with Crippen LogP contribution in [0.2, 0.25) is 0 Å². The van der Waals surface area contributed by atoms with Gasteiger partial charge in [-0.25, -0.2) is 10.6 Å². The Labute approximate surface area is 42.7 Å². The summed E-state index contributed by atoms with van der Waals surface area (Å²) in [6.45, 7) is 2.92. The van der Waals surface area contributed by atoms with Gasteiger partial charge in [-0.1, -0.05) is 0 Å². The minimum Gasteiger partial charge on any atom is -0.394 e. The zero-order chi connectivity index (χ0) is 5.11. The third-order valence-corrected chi connectivity index (χ3v) is 0.676. The van der Waals surface area contributed by atoms with E-state index >= 15 is 0 Å². The van der Waals surface area contributed by atoms with E-state index in [2.05, 4.69) is 10.6 Å². The minimum atomic E-state index is -0.0139. The van der Waals surface area contributed by atoms with Gasteiger partial charge in [-0.05, 0) is 0 Å². The molecule has 1 aliphatic heterocycles. The van der Waals surface area contributed by atoms with E-state index in [0.29, 0.717) is 6.04 Å². The molecule has 7 heavy (non-hydrogen) atoms. The van der Waals surface area contributed by atoms with Crippen molar-refractivity contribution in [1.82, 2.24) is 10.6 Å². The molecule has 1 rings (SSSR count). The highest BCUT2D eigenvalue weighted by atomic mass is 16.3. The molecule has 5 radical (unpaired) electrons. The monoisotopic (exact) mass is 99.0 g/mol. The van der Waals surface area contributed by atoms with Gasteiger partial charge in [-0.2, -0.15) is 0 Å². The Kier molecular flexibility index (Phi) is 1.62. The predicted molar refractivity (Wildman–Crippen MR) is 23.2 cm³/mol. The highest BCUT2D eigenvalue weighted by Gasteiger charge is 2.15. The Hall–Kier alpha value is -0.120. The lowest BCUT2D eigenvalue weighted by Crippen LogP contribution is -2.06. The molecule has 1 aliphatic rings. The van der Waals surface area contributed by atoms with Gasteiger partial charge in [0.05, 0.1) is 13.2 Å². The molecule has 0 aliphatic carbocycles. The second kappa shape index (κ2) is 2.26. The van der Waals surface area contributed by atoms with Crippen LogP contribution in [-0.4, -0.2) is 11.7 Å². The molecule has 37 valence electrons. The van der Waals surface area contributed by atoms with Gasteiger partial charge in [0.1, 0.15) is 12.7 Å². The first-order valence-electron chi connectivity index (χ1n) is 1.96. The molecule has 0 aromatic heterocycles. The van der Waals surface area contributed by atoms with Gasteiger partial charge in [0, 0.05) is 0 Å². The standard InChI is InChI=1S/C4H5N2O/c7-2-4-1-5-3-6-4/h1,3,7H,2H2/i5+1,6+1. The van der Waals surface area contributed by atoms with Crippen LogP contribution in [0.1, 0.15) is 0 Å². The van der Waals surface area contributed by atoms with Crippen molar-refractivity contribution in [3.8, 4) is 0 Å². The molecule has 1 N–H and O–H groups in total. The molecular weight excluding hydrogens is 94.0 g/mol. The van der Waals surface area contributed by atoms with Crippen LogP contribution in [0.4, 0.5) is 0 Å². The molecule has 0 bridgehead atoms. The average molecular weight is 99.1 g/mol. The van der Waals surface area contributed by atoms with Crippen molar-refractivity contribution in [1.29, 1.82) is 0 Å². The molecule has 0 aromatic rings. The molecule has 0 atom stereocenters. The summed E-state index contributed by atoms with van der Waals surface area (Å²) in [7, 11) is 0. The average Bonchev–Trinajstić information content (AvgIpc) is 2.14. The van der Waals surface area contributed by atoms with Crippen LogP contribution in [0.25, 0.3) is 0 Å². The maximum Gasteiger partial charge on any atom is 0.122 e. The normalized spacial score (nSPS) is 23.6.